The Morgan fingerprint density at radius 2 is 1.94 bits per heavy atom. The van der Waals surface area contributed by atoms with E-state index in [-0.39, 0.29) is 12.3 Å². The number of hydrogen-bond donors (Lipinski definition) is 1. The molecule has 0 radical (unpaired) electrons. The van der Waals surface area contributed by atoms with E-state index in [9.17, 15) is 9.18 Å². The second-order valence-corrected chi connectivity index (χ2v) is 3.57. The van der Waals surface area contributed by atoms with Crippen LogP contribution in [0.15, 0.2) is 48.7 Å². The molecule has 0 unspecified atom stereocenters. The molecule has 0 atom stereocenters. The molecule has 0 saturated carbocycles. The number of hydrogen-bond acceptors (Lipinski definition) is 2. The normalized spacial score (nSPS) is 9.94. The van der Waals surface area contributed by atoms with Crippen molar-refractivity contribution in [2.75, 3.05) is 5.32 Å². The molecule has 2 rings (SSSR count). The number of pyridine rings is 1. The summed E-state index contributed by atoms with van der Waals surface area (Å²) in [5, 5.41) is 2.60. The highest BCUT2D eigenvalue weighted by molar-refractivity contribution is 5.91. The summed E-state index contributed by atoms with van der Waals surface area (Å²) in [4.78, 5) is 15.4. The molecule has 1 amide bonds. The highest BCUT2D eigenvalue weighted by Crippen LogP contribution is 2.05. The van der Waals surface area contributed by atoms with E-state index in [0.717, 1.165) is 11.8 Å². The van der Waals surface area contributed by atoms with Crippen LogP contribution in [0.2, 0.25) is 0 Å². The van der Waals surface area contributed by atoms with E-state index < -0.39 is 5.82 Å². The van der Waals surface area contributed by atoms with Gasteiger partial charge >= 0.3 is 0 Å². The van der Waals surface area contributed by atoms with Crippen LogP contribution in [0.5, 0.6) is 0 Å². The molecule has 0 fully saturated rings. The second kappa shape index (κ2) is 5.21. The number of carbonyl (C=O) groups excluding carboxylic acids is 1. The molecular formula is C13H11FN2O. The highest BCUT2D eigenvalue weighted by atomic mass is 19.1. The summed E-state index contributed by atoms with van der Waals surface area (Å²) in [5.41, 5.74) is 0.923. The van der Waals surface area contributed by atoms with Crippen LogP contribution in [0, 0.1) is 5.82 Å². The molecule has 2 aromatic rings. The minimum absolute atomic E-state index is 0.171. The Kier molecular flexibility index (Phi) is 3.45. The smallest absolute Gasteiger partial charge is 0.229 e. The van der Waals surface area contributed by atoms with Crippen molar-refractivity contribution in [1.82, 2.24) is 4.98 Å². The SMILES string of the molecule is O=C(Cc1ccccc1)Nc1ccc(F)cn1. The highest BCUT2D eigenvalue weighted by Gasteiger charge is 2.04. The summed E-state index contributed by atoms with van der Waals surface area (Å²) in [5.74, 6) is -0.242. The van der Waals surface area contributed by atoms with Crippen LogP contribution in [0.3, 0.4) is 0 Å². The summed E-state index contributed by atoms with van der Waals surface area (Å²) in [6.45, 7) is 0. The molecule has 1 N–H and O–H groups in total. The molecule has 3 nitrogen and oxygen atoms in total. The number of halogens is 1. The van der Waals surface area contributed by atoms with Gasteiger partial charge in [0.15, 0.2) is 0 Å². The van der Waals surface area contributed by atoms with E-state index in [1.54, 1.807) is 0 Å². The van der Waals surface area contributed by atoms with Crippen molar-refractivity contribution in [2.45, 2.75) is 6.42 Å². The quantitative estimate of drug-likeness (QED) is 0.879. The molecule has 0 aliphatic rings. The second-order valence-electron chi connectivity index (χ2n) is 3.57. The van der Waals surface area contributed by atoms with Crippen LogP contribution in [0.4, 0.5) is 10.2 Å². The zero-order chi connectivity index (χ0) is 12.1. The molecule has 17 heavy (non-hydrogen) atoms. The molecule has 0 bridgehead atoms. The third-order valence-corrected chi connectivity index (χ3v) is 2.20. The predicted octanol–water partition coefficient (Wildman–Crippen LogP) is 2.40. The Morgan fingerprint density at radius 3 is 2.59 bits per heavy atom. The van der Waals surface area contributed by atoms with Crippen molar-refractivity contribution >= 4 is 11.7 Å². The maximum Gasteiger partial charge on any atom is 0.229 e. The van der Waals surface area contributed by atoms with Crippen molar-refractivity contribution in [3.63, 3.8) is 0 Å². The van der Waals surface area contributed by atoms with Crippen molar-refractivity contribution in [2.24, 2.45) is 0 Å². The van der Waals surface area contributed by atoms with Gasteiger partial charge in [0, 0.05) is 0 Å². The molecule has 1 aromatic heterocycles. The Balaban J connectivity index is 1.96. The standard InChI is InChI=1S/C13H11FN2O/c14-11-6-7-12(15-9-11)16-13(17)8-10-4-2-1-3-5-10/h1-7,9H,8H2,(H,15,16,17). The Morgan fingerprint density at radius 1 is 1.18 bits per heavy atom. The number of amides is 1. The number of benzene rings is 1. The van der Waals surface area contributed by atoms with Crippen LogP contribution >= 0.6 is 0 Å². The first-order chi connectivity index (χ1) is 8.24. The largest absolute Gasteiger partial charge is 0.310 e. The zero-order valence-electron chi connectivity index (χ0n) is 9.06. The number of nitrogens with zero attached hydrogens (tertiary/aromatic N) is 1. The number of carbonyl (C=O) groups is 1. The Hall–Kier alpha value is -2.23. The number of rotatable bonds is 3. The van der Waals surface area contributed by atoms with Gasteiger partial charge < -0.3 is 5.32 Å². The molecule has 0 saturated heterocycles. The lowest BCUT2D eigenvalue weighted by Crippen LogP contribution is -2.15. The van der Waals surface area contributed by atoms with Gasteiger partial charge in [0.05, 0.1) is 12.6 Å². The Labute approximate surface area is 98.3 Å². The van der Waals surface area contributed by atoms with Gasteiger partial charge in [-0.05, 0) is 17.7 Å². The van der Waals surface area contributed by atoms with Crippen molar-refractivity contribution in [3.8, 4) is 0 Å². The maximum atomic E-state index is 12.6. The van der Waals surface area contributed by atoms with Gasteiger partial charge in [-0.25, -0.2) is 9.37 Å². The summed E-state index contributed by atoms with van der Waals surface area (Å²) >= 11 is 0. The van der Waals surface area contributed by atoms with Crippen molar-refractivity contribution in [3.05, 3.63) is 60.0 Å². The molecule has 0 spiro atoms. The van der Waals surface area contributed by atoms with E-state index in [2.05, 4.69) is 10.3 Å². The third kappa shape index (κ3) is 3.38. The van der Waals surface area contributed by atoms with Gasteiger partial charge in [-0.2, -0.15) is 0 Å². The first kappa shape index (κ1) is 11.3. The van der Waals surface area contributed by atoms with Crippen molar-refractivity contribution < 1.29 is 9.18 Å². The first-order valence-electron chi connectivity index (χ1n) is 5.19. The average molecular weight is 230 g/mol. The first-order valence-corrected chi connectivity index (χ1v) is 5.19. The van der Waals surface area contributed by atoms with E-state index in [1.807, 2.05) is 30.3 Å². The topological polar surface area (TPSA) is 42.0 Å². The predicted molar refractivity (Wildman–Crippen MR) is 63.0 cm³/mol. The summed E-state index contributed by atoms with van der Waals surface area (Å²) in [6.07, 6.45) is 1.35. The van der Waals surface area contributed by atoms with Crippen LogP contribution in [-0.2, 0) is 11.2 Å². The van der Waals surface area contributed by atoms with Gasteiger partial charge in [-0.3, -0.25) is 4.79 Å². The van der Waals surface area contributed by atoms with Crippen molar-refractivity contribution in [1.29, 1.82) is 0 Å². The molecule has 86 valence electrons. The number of anilines is 1. The lowest BCUT2D eigenvalue weighted by atomic mass is 10.1. The summed E-state index contributed by atoms with van der Waals surface area (Å²) < 4.78 is 12.6. The number of nitrogens with one attached hydrogen (secondary N) is 1. The summed E-state index contributed by atoms with van der Waals surface area (Å²) in [7, 11) is 0. The molecular weight excluding hydrogens is 219 g/mol. The van der Waals surface area contributed by atoms with Crippen LogP contribution in [0.25, 0.3) is 0 Å². The fourth-order valence-corrected chi connectivity index (χ4v) is 1.42. The molecule has 0 aliphatic carbocycles. The van der Waals surface area contributed by atoms with Crippen LogP contribution in [-0.4, -0.2) is 10.9 Å². The van der Waals surface area contributed by atoms with Gasteiger partial charge in [0.2, 0.25) is 5.91 Å². The monoisotopic (exact) mass is 230 g/mol. The molecule has 1 heterocycles. The van der Waals surface area contributed by atoms with Gasteiger partial charge in [0.1, 0.15) is 11.6 Å². The summed E-state index contributed by atoms with van der Waals surface area (Å²) in [6, 6.07) is 12.1. The van der Waals surface area contributed by atoms with Gasteiger partial charge in [0.25, 0.3) is 0 Å². The van der Waals surface area contributed by atoms with Gasteiger partial charge in [-0.1, -0.05) is 30.3 Å². The van der Waals surface area contributed by atoms with Crippen LogP contribution < -0.4 is 5.32 Å². The van der Waals surface area contributed by atoms with E-state index >= 15 is 0 Å². The fourth-order valence-electron chi connectivity index (χ4n) is 1.42. The number of aromatic nitrogens is 1. The zero-order valence-corrected chi connectivity index (χ0v) is 9.06. The fraction of sp³-hybridized carbons (Fsp3) is 0.0769. The Bertz CT molecular complexity index is 497. The molecule has 4 heteroatoms. The van der Waals surface area contributed by atoms with Gasteiger partial charge in [-0.15, -0.1) is 0 Å². The minimum Gasteiger partial charge on any atom is -0.310 e. The lowest BCUT2D eigenvalue weighted by Gasteiger charge is -2.04. The van der Waals surface area contributed by atoms with E-state index in [0.29, 0.717) is 5.82 Å². The van der Waals surface area contributed by atoms with E-state index in [4.69, 9.17) is 0 Å². The average Bonchev–Trinajstić information content (AvgIpc) is 2.33. The molecule has 0 aliphatic heterocycles. The minimum atomic E-state index is -0.425. The molecule has 1 aromatic carbocycles. The maximum absolute atomic E-state index is 12.6. The third-order valence-electron chi connectivity index (χ3n) is 2.20. The van der Waals surface area contributed by atoms with E-state index in [1.165, 1.54) is 12.1 Å². The lowest BCUT2D eigenvalue weighted by molar-refractivity contribution is -0.115. The van der Waals surface area contributed by atoms with Crippen LogP contribution in [0.1, 0.15) is 5.56 Å².